The Hall–Kier alpha value is -1.51. The summed E-state index contributed by atoms with van der Waals surface area (Å²) in [6.45, 7) is 2.63. The smallest absolute Gasteiger partial charge is 0.282 e. The van der Waals surface area contributed by atoms with Crippen LogP contribution in [-0.4, -0.2) is 12.6 Å². The highest BCUT2D eigenvalue weighted by atomic mass is 16.5. The first-order valence-electron chi connectivity index (χ1n) is 4.28. The van der Waals surface area contributed by atoms with Gasteiger partial charge in [-0.3, -0.25) is 0 Å². The summed E-state index contributed by atoms with van der Waals surface area (Å²) < 4.78 is 5.08. The fourth-order valence-corrected chi connectivity index (χ4v) is 1.35. The number of rotatable bonds is 1. The molecule has 13 heavy (non-hydrogen) atoms. The largest absolute Gasteiger partial charge is 0.463 e. The molecule has 3 heteroatoms. The van der Waals surface area contributed by atoms with Crippen molar-refractivity contribution >= 4 is 6.02 Å². The summed E-state index contributed by atoms with van der Waals surface area (Å²) in [5, 5.41) is 0. The Kier molecular flexibility index (Phi) is 1.93. The number of benzene rings is 1. The van der Waals surface area contributed by atoms with Crippen molar-refractivity contribution in [2.45, 2.75) is 13.0 Å². The first kappa shape index (κ1) is 8.10. The topological polar surface area (TPSA) is 47.6 Å². The molecular weight excluding hydrogens is 164 g/mol. The van der Waals surface area contributed by atoms with Crippen molar-refractivity contribution in [3.8, 4) is 0 Å². The molecule has 1 aromatic carbocycles. The Morgan fingerprint density at radius 1 is 1.38 bits per heavy atom. The Morgan fingerprint density at radius 2 is 2.08 bits per heavy atom. The zero-order valence-corrected chi connectivity index (χ0v) is 7.53. The van der Waals surface area contributed by atoms with Crippen molar-refractivity contribution in [2.24, 2.45) is 10.7 Å². The minimum absolute atomic E-state index is 0.0839. The van der Waals surface area contributed by atoms with Gasteiger partial charge in [0.15, 0.2) is 0 Å². The highest BCUT2D eigenvalue weighted by Crippen LogP contribution is 2.21. The zero-order chi connectivity index (χ0) is 9.26. The van der Waals surface area contributed by atoms with Crippen LogP contribution >= 0.6 is 0 Å². The molecule has 0 aromatic heterocycles. The van der Waals surface area contributed by atoms with Crippen LogP contribution in [0.5, 0.6) is 0 Å². The average Bonchev–Trinajstić information content (AvgIpc) is 2.53. The predicted molar refractivity (Wildman–Crippen MR) is 51.5 cm³/mol. The summed E-state index contributed by atoms with van der Waals surface area (Å²) in [7, 11) is 0. The fourth-order valence-electron chi connectivity index (χ4n) is 1.35. The lowest BCUT2D eigenvalue weighted by Gasteiger charge is -2.04. The summed E-state index contributed by atoms with van der Waals surface area (Å²) in [6, 6.07) is 8.64. The van der Waals surface area contributed by atoms with E-state index < -0.39 is 0 Å². The van der Waals surface area contributed by atoms with Gasteiger partial charge in [0.1, 0.15) is 12.6 Å². The van der Waals surface area contributed by atoms with Gasteiger partial charge in [-0.25, -0.2) is 4.99 Å². The molecule has 0 saturated carbocycles. The van der Waals surface area contributed by atoms with Crippen LogP contribution < -0.4 is 5.73 Å². The maximum Gasteiger partial charge on any atom is 0.282 e. The first-order valence-corrected chi connectivity index (χ1v) is 4.28. The van der Waals surface area contributed by atoms with Crippen LogP contribution in [0.2, 0.25) is 0 Å². The van der Waals surface area contributed by atoms with Crippen molar-refractivity contribution in [2.75, 3.05) is 6.61 Å². The second kappa shape index (κ2) is 3.09. The molecule has 1 aliphatic rings. The molecule has 0 spiro atoms. The summed E-state index contributed by atoms with van der Waals surface area (Å²) in [4.78, 5) is 4.16. The Balaban J connectivity index is 2.22. The summed E-state index contributed by atoms with van der Waals surface area (Å²) >= 11 is 0. The molecule has 3 nitrogen and oxygen atoms in total. The molecule has 0 aliphatic carbocycles. The molecule has 1 heterocycles. The molecule has 0 radical (unpaired) electrons. The van der Waals surface area contributed by atoms with Crippen molar-refractivity contribution < 1.29 is 4.74 Å². The van der Waals surface area contributed by atoms with E-state index in [0.29, 0.717) is 12.6 Å². The second-order valence-electron chi connectivity index (χ2n) is 3.20. The number of nitrogens with zero attached hydrogens (tertiary/aromatic N) is 1. The Bertz CT molecular complexity index is 329. The van der Waals surface area contributed by atoms with Crippen LogP contribution in [0.15, 0.2) is 29.3 Å². The molecule has 1 aromatic rings. The van der Waals surface area contributed by atoms with Gasteiger partial charge < -0.3 is 10.5 Å². The van der Waals surface area contributed by atoms with Gasteiger partial charge in [0.2, 0.25) is 0 Å². The van der Waals surface area contributed by atoms with Crippen LogP contribution in [0.3, 0.4) is 0 Å². The number of hydrogen-bond donors (Lipinski definition) is 1. The number of aliphatic imine (C=N–C) groups is 1. The zero-order valence-electron chi connectivity index (χ0n) is 7.53. The van der Waals surface area contributed by atoms with Gasteiger partial charge in [-0.15, -0.1) is 0 Å². The molecule has 0 amide bonds. The van der Waals surface area contributed by atoms with Gasteiger partial charge in [-0.2, -0.15) is 0 Å². The van der Waals surface area contributed by atoms with Gasteiger partial charge in [0.25, 0.3) is 6.02 Å². The van der Waals surface area contributed by atoms with Crippen molar-refractivity contribution in [1.82, 2.24) is 0 Å². The van der Waals surface area contributed by atoms with E-state index >= 15 is 0 Å². The maximum absolute atomic E-state index is 5.42. The fraction of sp³-hybridized carbons (Fsp3) is 0.300. The van der Waals surface area contributed by atoms with Crippen LogP contribution in [0.4, 0.5) is 0 Å². The van der Waals surface area contributed by atoms with Gasteiger partial charge in [0.05, 0.1) is 0 Å². The Morgan fingerprint density at radius 3 is 2.62 bits per heavy atom. The minimum Gasteiger partial charge on any atom is -0.463 e. The van der Waals surface area contributed by atoms with E-state index in [0.717, 1.165) is 5.56 Å². The van der Waals surface area contributed by atoms with Crippen molar-refractivity contribution in [3.05, 3.63) is 35.4 Å². The third-order valence-electron chi connectivity index (χ3n) is 2.13. The van der Waals surface area contributed by atoms with E-state index in [1.54, 1.807) is 0 Å². The van der Waals surface area contributed by atoms with E-state index in [9.17, 15) is 0 Å². The second-order valence-corrected chi connectivity index (χ2v) is 3.20. The lowest BCUT2D eigenvalue weighted by atomic mass is 10.1. The molecule has 68 valence electrons. The minimum atomic E-state index is 0.0839. The molecule has 0 saturated heterocycles. The standard InChI is InChI=1S/C10H12N2O/c1-7-2-4-8(5-3-7)9-6-13-10(11)12-9/h2-5,9H,6H2,1H3,(H2,11,12). The molecule has 2 rings (SSSR count). The monoisotopic (exact) mass is 176 g/mol. The van der Waals surface area contributed by atoms with Gasteiger partial charge in [-0.05, 0) is 12.5 Å². The van der Waals surface area contributed by atoms with Crippen LogP contribution in [0.1, 0.15) is 17.2 Å². The molecule has 1 atom stereocenters. The molecular formula is C10H12N2O. The predicted octanol–water partition coefficient (Wildman–Crippen LogP) is 1.38. The first-order chi connectivity index (χ1) is 6.25. The maximum atomic E-state index is 5.42. The van der Waals surface area contributed by atoms with E-state index in [-0.39, 0.29) is 6.04 Å². The van der Waals surface area contributed by atoms with Crippen LogP contribution in [0.25, 0.3) is 0 Å². The quantitative estimate of drug-likeness (QED) is 0.702. The SMILES string of the molecule is Cc1ccc(C2COC(N)=N2)cc1. The number of aryl methyl sites for hydroxylation is 1. The third kappa shape index (κ3) is 1.64. The lowest BCUT2D eigenvalue weighted by Crippen LogP contribution is -2.10. The van der Waals surface area contributed by atoms with E-state index in [4.69, 9.17) is 10.5 Å². The highest BCUT2D eigenvalue weighted by molar-refractivity contribution is 5.73. The average molecular weight is 176 g/mol. The molecule has 0 fully saturated rings. The highest BCUT2D eigenvalue weighted by Gasteiger charge is 2.17. The molecule has 1 unspecified atom stereocenters. The normalized spacial score (nSPS) is 21.0. The van der Waals surface area contributed by atoms with E-state index in [1.165, 1.54) is 5.56 Å². The molecule has 1 aliphatic heterocycles. The third-order valence-corrected chi connectivity index (χ3v) is 2.13. The molecule has 0 bridgehead atoms. The van der Waals surface area contributed by atoms with Crippen LogP contribution in [0, 0.1) is 6.92 Å². The Labute approximate surface area is 77.2 Å². The number of amidine groups is 1. The number of nitrogens with two attached hydrogens (primary N) is 1. The summed E-state index contributed by atoms with van der Waals surface area (Å²) in [6.07, 6.45) is 0. The lowest BCUT2D eigenvalue weighted by molar-refractivity contribution is 0.315. The number of ether oxygens (including phenoxy) is 1. The van der Waals surface area contributed by atoms with Crippen LogP contribution in [-0.2, 0) is 4.74 Å². The summed E-state index contributed by atoms with van der Waals surface area (Å²) in [5.41, 5.74) is 7.83. The number of hydrogen-bond acceptors (Lipinski definition) is 3. The van der Waals surface area contributed by atoms with Gasteiger partial charge in [0, 0.05) is 0 Å². The summed E-state index contributed by atoms with van der Waals surface area (Å²) in [5.74, 6) is 0. The van der Waals surface area contributed by atoms with Gasteiger partial charge in [-0.1, -0.05) is 29.8 Å². The van der Waals surface area contributed by atoms with E-state index in [1.807, 2.05) is 0 Å². The molecule has 2 N–H and O–H groups in total. The van der Waals surface area contributed by atoms with Gasteiger partial charge >= 0.3 is 0 Å². The van der Waals surface area contributed by atoms with Crippen molar-refractivity contribution in [3.63, 3.8) is 0 Å². The van der Waals surface area contributed by atoms with Crippen molar-refractivity contribution in [1.29, 1.82) is 0 Å². The van der Waals surface area contributed by atoms with E-state index in [2.05, 4.69) is 36.2 Å².